The van der Waals surface area contributed by atoms with Gasteiger partial charge >= 0.3 is 5.97 Å². The van der Waals surface area contributed by atoms with E-state index in [1.54, 1.807) is 0 Å². The molecule has 15 heavy (non-hydrogen) atoms. The number of β-lactam (4-membered cyclic amide) rings is 1. The molecule has 1 unspecified atom stereocenters. The molecule has 1 amide bonds. The van der Waals surface area contributed by atoms with Crippen LogP contribution in [0.25, 0.3) is 0 Å². The number of carboxylic acid groups (broad SMARTS) is 1. The number of thioether (sulfide) groups is 1. The van der Waals surface area contributed by atoms with Crippen molar-refractivity contribution in [3.05, 3.63) is 0 Å². The van der Waals surface area contributed by atoms with E-state index in [9.17, 15) is 14.4 Å². The van der Waals surface area contributed by atoms with Crippen LogP contribution in [0.1, 0.15) is 6.42 Å². The number of hydrogen-bond acceptors (Lipinski definition) is 4. The van der Waals surface area contributed by atoms with Crippen molar-refractivity contribution < 1.29 is 19.5 Å². The molecule has 3 atom stereocenters. The predicted octanol–water partition coefficient (Wildman–Crippen LogP) is -0.183. The number of rotatable bonds is 3. The van der Waals surface area contributed by atoms with Gasteiger partial charge in [0.2, 0.25) is 5.91 Å². The van der Waals surface area contributed by atoms with E-state index < -0.39 is 12.0 Å². The number of hydrogen-bond donors (Lipinski definition) is 2. The number of amides is 1. The van der Waals surface area contributed by atoms with Crippen molar-refractivity contribution in [3.8, 4) is 0 Å². The molecule has 0 aromatic rings. The zero-order chi connectivity index (χ0) is 11.2. The van der Waals surface area contributed by atoms with Crippen molar-refractivity contribution in [3.63, 3.8) is 0 Å². The lowest BCUT2D eigenvalue weighted by Crippen LogP contribution is -2.61. The van der Waals surface area contributed by atoms with Gasteiger partial charge in [0.1, 0.15) is 6.04 Å². The van der Waals surface area contributed by atoms with Crippen LogP contribution >= 0.6 is 24.4 Å². The number of thiol groups is 1. The van der Waals surface area contributed by atoms with Crippen molar-refractivity contribution in [1.82, 2.24) is 4.90 Å². The van der Waals surface area contributed by atoms with Crippen LogP contribution in [0.2, 0.25) is 0 Å². The Morgan fingerprint density at radius 2 is 2.27 bits per heavy atom. The topological polar surface area (TPSA) is 74.7 Å². The third kappa shape index (κ3) is 1.63. The minimum atomic E-state index is -0.978. The summed E-state index contributed by atoms with van der Waals surface area (Å²) in [5.41, 5.74) is 0. The smallest absolute Gasteiger partial charge is 0.327 e. The minimum Gasteiger partial charge on any atom is -0.480 e. The molecule has 2 aliphatic rings. The molecule has 0 aliphatic carbocycles. The molecule has 2 rings (SSSR count). The van der Waals surface area contributed by atoms with Crippen LogP contribution in [0.3, 0.4) is 0 Å². The van der Waals surface area contributed by atoms with Crippen molar-refractivity contribution in [2.75, 3.05) is 5.75 Å². The SMILES string of the molecule is O=C(S)C[C@H]1C(=O)N2C(C(=O)O)CS[C@H]12. The van der Waals surface area contributed by atoms with Gasteiger partial charge in [0.05, 0.1) is 11.3 Å². The molecular formula is C8H9NO4S2. The van der Waals surface area contributed by atoms with Crippen LogP contribution in [-0.4, -0.2) is 44.2 Å². The van der Waals surface area contributed by atoms with Gasteiger partial charge in [-0.1, -0.05) is 0 Å². The number of carboxylic acids is 1. The summed E-state index contributed by atoms with van der Waals surface area (Å²) in [6.07, 6.45) is 0.0997. The van der Waals surface area contributed by atoms with Crippen molar-refractivity contribution in [2.24, 2.45) is 5.92 Å². The highest BCUT2D eigenvalue weighted by Crippen LogP contribution is 2.45. The summed E-state index contributed by atoms with van der Waals surface area (Å²) in [6, 6.07) is -0.723. The maximum absolute atomic E-state index is 11.6. The molecule has 2 aliphatic heterocycles. The van der Waals surface area contributed by atoms with E-state index >= 15 is 0 Å². The van der Waals surface area contributed by atoms with Gasteiger partial charge in [-0.3, -0.25) is 9.59 Å². The van der Waals surface area contributed by atoms with E-state index in [0.29, 0.717) is 5.75 Å². The summed E-state index contributed by atoms with van der Waals surface area (Å²) in [7, 11) is 0. The fourth-order valence-electron chi connectivity index (χ4n) is 1.91. The lowest BCUT2D eigenvalue weighted by molar-refractivity contribution is -0.162. The molecule has 0 aromatic heterocycles. The monoisotopic (exact) mass is 247 g/mol. The molecule has 2 heterocycles. The highest BCUT2D eigenvalue weighted by Gasteiger charge is 2.56. The van der Waals surface area contributed by atoms with Gasteiger partial charge in [0.25, 0.3) is 0 Å². The molecule has 2 saturated heterocycles. The van der Waals surface area contributed by atoms with Crippen LogP contribution in [-0.2, 0) is 14.4 Å². The summed E-state index contributed by atoms with van der Waals surface area (Å²) in [5, 5.41) is 8.36. The molecule has 0 spiro atoms. The van der Waals surface area contributed by atoms with Gasteiger partial charge < -0.3 is 10.0 Å². The van der Waals surface area contributed by atoms with E-state index in [1.807, 2.05) is 0 Å². The van der Waals surface area contributed by atoms with Crippen molar-refractivity contribution in [1.29, 1.82) is 0 Å². The van der Waals surface area contributed by atoms with Crippen LogP contribution in [0.5, 0.6) is 0 Å². The number of carbonyl (C=O) groups excluding carboxylic acids is 2. The van der Waals surface area contributed by atoms with E-state index in [2.05, 4.69) is 12.6 Å². The molecular weight excluding hydrogens is 238 g/mol. The molecule has 82 valence electrons. The van der Waals surface area contributed by atoms with Gasteiger partial charge in [0.15, 0.2) is 5.12 Å². The Kier molecular flexibility index (Phi) is 2.68. The fraction of sp³-hybridized carbons (Fsp3) is 0.625. The second-order valence-electron chi connectivity index (χ2n) is 3.53. The Hall–Kier alpha value is -0.690. The normalized spacial score (nSPS) is 33.5. The number of fused-ring (bicyclic) bond motifs is 1. The molecule has 0 bridgehead atoms. The molecule has 5 nitrogen and oxygen atoms in total. The second-order valence-corrected chi connectivity index (χ2v) is 5.18. The fourth-order valence-corrected chi connectivity index (χ4v) is 3.65. The molecule has 1 N–H and O–H groups in total. The maximum Gasteiger partial charge on any atom is 0.327 e. The van der Waals surface area contributed by atoms with Crippen LogP contribution in [0.15, 0.2) is 0 Å². The molecule has 0 saturated carbocycles. The first-order valence-electron chi connectivity index (χ1n) is 4.40. The molecule has 0 radical (unpaired) electrons. The lowest BCUT2D eigenvalue weighted by atomic mass is 9.93. The Morgan fingerprint density at radius 1 is 1.60 bits per heavy atom. The molecule has 0 aromatic carbocycles. The number of aliphatic carboxylic acids is 1. The summed E-state index contributed by atoms with van der Waals surface area (Å²) in [5.74, 6) is -1.18. The second kappa shape index (κ2) is 3.71. The van der Waals surface area contributed by atoms with Crippen molar-refractivity contribution in [2.45, 2.75) is 17.8 Å². The zero-order valence-electron chi connectivity index (χ0n) is 7.62. The Bertz CT molecular complexity index is 346. The summed E-state index contributed by atoms with van der Waals surface area (Å²) in [4.78, 5) is 34.5. The number of carbonyl (C=O) groups is 3. The Labute approximate surface area is 95.6 Å². The number of nitrogens with zero attached hydrogens (tertiary/aromatic N) is 1. The Balaban J connectivity index is 2.06. The van der Waals surface area contributed by atoms with Gasteiger partial charge in [-0.05, 0) is 0 Å². The highest BCUT2D eigenvalue weighted by molar-refractivity contribution is 8.00. The van der Waals surface area contributed by atoms with E-state index in [0.717, 1.165) is 0 Å². The van der Waals surface area contributed by atoms with Gasteiger partial charge in [-0.25, -0.2) is 4.79 Å². The molecule has 7 heteroatoms. The third-order valence-corrected chi connectivity index (χ3v) is 4.22. The lowest BCUT2D eigenvalue weighted by Gasteiger charge is -2.43. The summed E-state index contributed by atoms with van der Waals surface area (Å²) in [6.45, 7) is 0. The van der Waals surface area contributed by atoms with Crippen LogP contribution in [0.4, 0.5) is 0 Å². The van der Waals surface area contributed by atoms with E-state index in [4.69, 9.17) is 5.11 Å². The maximum atomic E-state index is 11.6. The third-order valence-electron chi connectivity index (χ3n) is 2.63. The average Bonchev–Trinajstić information content (AvgIpc) is 2.54. The predicted molar refractivity (Wildman–Crippen MR) is 56.6 cm³/mol. The average molecular weight is 247 g/mol. The summed E-state index contributed by atoms with van der Waals surface area (Å²) < 4.78 is 0. The van der Waals surface area contributed by atoms with Crippen molar-refractivity contribution >= 4 is 41.4 Å². The first kappa shape index (κ1) is 10.8. The zero-order valence-corrected chi connectivity index (χ0v) is 9.33. The standard InChI is InChI=1S/C8H9NO4S2/c10-5(14)1-3-6(11)9-4(8(12)13)2-15-7(3)9/h3-4,7H,1-2H2,(H,10,14)(H,12,13)/t3-,4?,7+/m0/s1. The van der Waals surface area contributed by atoms with Crippen LogP contribution in [0, 0.1) is 5.92 Å². The first-order valence-corrected chi connectivity index (χ1v) is 5.90. The minimum absolute atomic E-state index is 0.0997. The quantitative estimate of drug-likeness (QED) is 0.534. The molecule has 2 fully saturated rings. The Morgan fingerprint density at radius 3 is 2.80 bits per heavy atom. The van der Waals surface area contributed by atoms with E-state index in [-0.39, 0.29) is 28.7 Å². The summed E-state index contributed by atoms with van der Waals surface area (Å²) >= 11 is 5.04. The van der Waals surface area contributed by atoms with Gasteiger partial charge in [-0.15, -0.1) is 24.4 Å². The highest BCUT2D eigenvalue weighted by atomic mass is 32.2. The van der Waals surface area contributed by atoms with Crippen LogP contribution < -0.4 is 0 Å². The largest absolute Gasteiger partial charge is 0.480 e. The van der Waals surface area contributed by atoms with Gasteiger partial charge in [-0.2, -0.15) is 0 Å². The van der Waals surface area contributed by atoms with E-state index in [1.165, 1.54) is 16.7 Å². The first-order chi connectivity index (χ1) is 7.02. The van der Waals surface area contributed by atoms with Gasteiger partial charge in [0, 0.05) is 12.2 Å².